The largest absolute Gasteiger partial charge is 0.338 e. The van der Waals surface area contributed by atoms with Crippen molar-refractivity contribution >= 4 is 34.2 Å². The number of nitrogens with zero attached hydrogens (tertiary/aromatic N) is 3. The van der Waals surface area contributed by atoms with Crippen LogP contribution in [0.15, 0.2) is 27.8 Å². The molecule has 6 nitrogen and oxygen atoms in total. The van der Waals surface area contributed by atoms with E-state index in [1.807, 2.05) is 32.9 Å². The van der Waals surface area contributed by atoms with Crippen LogP contribution < -0.4 is 0 Å². The predicted molar refractivity (Wildman–Crippen MR) is 156 cm³/mol. The molecule has 0 N–H and O–H groups in total. The number of hydrogen-bond donors (Lipinski definition) is 0. The van der Waals surface area contributed by atoms with Crippen molar-refractivity contribution in [3.8, 4) is 6.07 Å². The molecule has 7 heteroatoms. The molecule has 0 radical (unpaired) electrons. The van der Waals surface area contributed by atoms with Crippen LogP contribution >= 0.6 is 22.6 Å². The lowest BCUT2D eigenvalue weighted by Gasteiger charge is -2.68. The third-order valence-corrected chi connectivity index (χ3v) is 14.1. The first-order valence-corrected chi connectivity index (χ1v) is 15.6. The summed E-state index contributed by atoms with van der Waals surface area (Å²) in [6.07, 6.45) is 10.7. The number of hydrogen-bond acceptors (Lipinski definition) is 6. The third kappa shape index (κ3) is 3.36. The second-order valence-electron chi connectivity index (χ2n) is 14.9. The molecule has 0 spiro atoms. The van der Waals surface area contributed by atoms with Gasteiger partial charge in [0.1, 0.15) is 9.49 Å². The maximum absolute atomic E-state index is 14.5. The van der Waals surface area contributed by atoms with E-state index in [0.717, 1.165) is 50.5 Å². The van der Waals surface area contributed by atoms with Crippen molar-refractivity contribution in [2.24, 2.45) is 44.8 Å². The van der Waals surface area contributed by atoms with Crippen molar-refractivity contribution in [3.63, 3.8) is 0 Å². The Morgan fingerprint density at radius 2 is 1.74 bits per heavy atom. The van der Waals surface area contributed by atoms with Gasteiger partial charge in [-0.3, -0.25) is 9.59 Å². The van der Waals surface area contributed by atoms with Crippen molar-refractivity contribution in [2.75, 3.05) is 0 Å². The molecule has 0 amide bonds. The zero-order valence-electron chi connectivity index (χ0n) is 24.3. The fraction of sp³-hybridized carbons (Fsp3) is 0.719. The van der Waals surface area contributed by atoms with Gasteiger partial charge in [-0.2, -0.15) is 10.2 Å². The minimum atomic E-state index is -0.644. The molecule has 5 aliphatic rings. The van der Waals surface area contributed by atoms with Crippen LogP contribution in [0.25, 0.3) is 0 Å². The normalized spacial score (nSPS) is 46.6. The Bertz CT molecular complexity index is 1400. The summed E-state index contributed by atoms with van der Waals surface area (Å²) in [6, 6.07) is 2.20. The Morgan fingerprint density at radius 3 is 2.38 bits per heavy atom. The molecule has 3 saturated carbocycles. The van der Waals surface area contributed by atoms with Crippen molar-refractivity contribution in [1.82, 2.24) is 10.1 Å². The van der Waals surface area contributed by atoms with Crippen molar-refractivity contribution in [1.29, 1.82) is 5.26 Å². The Morgan fingerprint density at radius 1 is 1.05 bits per heavy atom. The Balaban J connectivity index is 1.48. The molecule has 5 aliphatic carbocycles. The number of ketones is 2. The van der Waals surface area contributed by atoms with E-state index in [2.05, 4.69) is 66.5 Å². The first-order chi connectivity index (χ1) is 18.1. The predicted octanol–water partition coefficient (Wildman–Crippen LogP) is 7.22. The highest BCUT2D eigenvalue weighted by Gasteiger charge is 2.69. The van der Waals surface area contributed by atoms with E-state index in [4.69, 9.17) is 4.52 Å². The smallest absolute Gasteiger partial charge is 0.242 e. The Kier molecular flexibility index (Phi) is 5.71. The van der Waals surface area contributed by atoms with E-state index >= 15 is 0 Å². The summed E-state index contributed by atoms with van der Waals surface area (Å²) in [5.74, 6) is 1.71. The SMILES string of the molecule is Cc1noc([C@@]2(I)CC[C@]3(C)CC[C@]4(C)[C@H](C(=O)C=C5[C@@]6(C)C=C(C#N)C(=O)C(C)(C)[C@@H]6CC[C@]54C)[C@@H]3C2)n1. The van der Waals surface area contributed by atoms with Crippen LogP contribution in [0.2, 0.25) is 0 Å². The quantitative estimate of drug-likeness (QED) is 0.237. The van der Waals surface area contributed by atoms with Gasteiger partial charge in [-0.15, -0.1) is 0 Å². The number of allylic oxidation sites excluding steroid dienone is 4. The standard InChI is InChI=1S/C32H40IN3O3/c1-18-35-26(39-36-18)32(33)13-11-28(4)10-12-31(7)24(20(28)16-32)21(37)14-23-29(5)15-19(17-34)25(38)27(2,3)22(29)8-9-30(23,31)6/h14-15,20,22,24H,8-13,16H2,1-7H3/t20-,22-,24-,28-,29-,30+,31+,32+/m0/s1. The highest BCUT2D eigenvalue weighted by molar-refractivity contribution is 14.1. The van der Waals surface area contributed by atoms with E-state index in [1.165, 1.54) is 0 Å². The lowest BCUT2D eigenvalue weighted by Crippen LogP contribution is -2.64. The van der Waals surface area contributed by atoms with Gasteiger partial charge in [0.2, 0.25) is 5.89 Å². The molecular formula is C32H40IN3O3. The fourth-order valence-corrected chi connectivity index (χ4v) is 11.1. The molecule has 0 aromatic carbocycles. The zero-order chi connectivity index (χ0) is 28.4. The number of carbonyl (C=O) groups excluding carboxylic acids is 2. The molecule has 3 fully saturated rings. The van der Waals surface area contributed by atoms with E-state index in [9.17, 15) is 14.9 Å². The molecule has 0 saturated heterocycles. The second kappa shape index (κ2) is 8.14. The molecule has 6 rings (SSSR count). The van der Waals surface area contributed by atoms with E-state index < -0.39 is 10.8 Å². The van der Waals surface area contributed by atoms with Crippen LogP contribution in [-0.4, -0.2) is 21.7 Å². The Labute approximate surface area is 245 Å². The molecule has 8 atom stereocenters. The number of aromatic nitrogens is 2. The van der Waals surface area contributed by atoms with Gasteiger partial charge < -0.3 is 4.52 Å². The monoisotopic (exact) mass is 641 g/mol. The van der Waals surface area contributed by atoms with Gasteiger partial charge in [-0.1, -0.05) is 80.9 Å². The van der Waals surface area contributed by atoms with Gasteiger partial charge in [0.05, 0.1) is 5.57 Å². The highest BCUT2D eigenvalue weighted by atomic mass is 127. The van der Waals surface area contributed by atoms with Gasteiger partial charge in [0, 0.05) is 16.7 Å². The Hall–Kier alpha value is -1.82. The molecule has 1 aromatic rings. The summed E-state index contributed by atoms with van der Waals surface area (Å²) in [5.41, 5.74) is -0.0567. The minimum Gasteiger partial charge on any atom is -0.338 e. The lowest BCUT2D eigenvalue weighted by atomic mass is 9.34. The summed E-state index contributed by atoms with van der Waals surface area (Å²) in [5, 5.41) is 14.0. The summed E-state index contributed by atoms with van der Waals surface area (Å²) in [6.45, 7) is 15.2. The van der Waals surface area contributed by atoms with Gasteiger partial charge in [0.25, 0.3) is 0 Å². The molecule has 39 heavy (non-hydrogen) atoms. The maximum atomic E-state index is 14.5. The summed E-state index contributed by atoms with van der Waals surface area (Å²) < 4.78 is 5.44. The van der Waals surface area contributed by atoms with Gasteiger partial charge in [-0.05, 0) is 86.0 Å². The van der Waals surface area contributed by atoms with Crippen LogP contribution in [0.3, 0.4) is 0 Å². The van der Waals surface area contributed by atoms with E-state index in [-0.39, 0.29) is 54.6 Å². The van der Waals surface area contributed by atoms with Crippen LogP contribution in [0.4, 0.5) is 0 Å². The molecule has 0 aliphatic heterocycles. The number of alkyl halides is 1. The average molecular weight is 642 g/mol. The second-order valence-corrected chi connectivity index (χ2v) is 16.9. The molecule has 1 heterocycles. The number of Topliss-reactive ketones (excluding diaryl/α,β-unsaturated/α-hetero) is 1. The third-order valence-electron chi connectivity index (χ3n) is 12.7. The summed E-state index contributed by atoms with van der Waals surface area (Å²) in [4.78, 5) is 32.4. The number of halogens is 1. The van der Waals surface area contributed by atoms with Crippen LogP contribution in [-0.2, 0) is 13.0 Å². The van der Waals surface area contributed by atoms with E-state index in [1.54, 1.807) is 0 Å². The van der Waals surface area contributed by atoms with Crippen LogP contribution in [0.5, 0.6) is 0 Å². The maximum Gasteiger partial charge on any atom is 0.242 e. The topological polar surface area (TPSA) is 96.9 Å². The van der Waals surface area contributed by atoms with E-state index in [0.29, 0.717) is 11.7 Å². The molecule has 0 unspecified atom stereocenters. The zero-order valence-corrected chi connectivity index (χ0v) is 26.4. The van der Waals surface area contributed by atoms with Crippen LogP contribution in [0, 0.1) is 63.1 Å². The van der Waals surface area contributed by atoms with Gasteiger partial charge in [0.15, 0.2) is 17.4 Å². The molecular weight excluding hydrogens is 601 g/mol. The number of rotatable bonds is 1. The molecule has 1 aromatic heterocycles. The summed E-state index contributed by atoms with van der Waals surface area (Å²) >= 11 is 2.53. The first-order valence-electron chi connectivity index (χ1n) is 14.5. The molecule has 208 valence electrons. The van der Waals surface area contributed by atoms with Crippen molar-refractivity contribution < 1.29 is 14.1 Å². The number of fused-ring (bicyclic) bond motifs is 7. The van der Waals surface area contributed by atoms with Crippen molar-refractivity contribution in [3.05, 3.63) is 35.0 Å². The lowest BCUT2D eigenvalue weighted by molar-refractivity contribution is -0.163. The number of aryl methyl sites for hydroxylation is 1. The van der Waals surface area contributed by atoms with Crippen molar-refractivity contribution in [2.45, 2.75) is 96.8 Å². The first kappa shape index (κ1) is 27.4. The number of nitriles is 1. The average Bonchev–Trinajstić information content (AvgIpc) is 3.31. The van der Waals surface area contributed by atoms with Gasteiger partial charge >= 0.3 is 0 Å². The van der Waals surface area contributed by atoms with Crippen LogP contribution in [0.1, 0.15) is 98.2 Å². The minimum absolute atomic E-state index is 0.0619. The molecule has 0 bridgehead atoms. The highest BCUT2D eigenvalue weighted by Crippen LogP contribution is 2.74. The summed E-state index contributed by atoms with van der Waals surface area (Å²) in [7, 11) is 0. The van der Waals surface area contributed by atoms with Gasteiger partial charge in [-0.25, -0.2) is 0 Å². The number of carbonyl (C=O) groups is 2. The fourth-order valence-electron chi connectivity index (χ4n) is 10.2.